The largest absolute Gasteiger partial charge is 0.354 e. The van der Waals surface area contributed by atoms with Crippen LogP contribution in [0.5, 0.6) is 0 Å². The van der Waals surface area contributed by atoms with Crippen molar-refractivity contribution in [2.24, 2.45) is 0 Å². The van der Waals surface area contributed by atoms with Crippen molar-refractivity contribution in [2.45, 2.75) is 23.4 Å². The molecule has 0 spiro atoms. The summed E-state index contributed by atoms with van der Waals surface area (Å²) in [7, 11) is 0. The standard InChI is InChI=1S/C18H14F3N3OS/c1-26-17-22-10-23-24(17)9-18(13-7-6-11(19)8-15(13)21)16(25-18)12-4-2-3-5-14(12)20/h2-8,10,16H,9H2,1H3/t16-,18-/m0/s1. The molecule has 4 rings (SSSR count). The molecule has 26 heavy (non-hydrogen) atoms. The first kappa shape index (κ1) is 17.1. The highest BCUT2D eigenvalue weighted by atomic mass is 32.2. The van der Waals surface area contributed by atoms with E-state index < -0.39 is 29.2 Å². The van der Waals surface area contributed by atoms with Crippen LogP contribution in [0.1, 0.15) is 17.2 Å². The lowest BCUT2D eigenvalue weighted by molar-refractivity contribution is 0.250. The number of hydrogen-bond acceptors (Lipinski definition) is 4. The summed E-state index contributed by atoms with van der Waals surface area (Å²) in [5, 5.41) is 4.77. The molecule has 134 valence electrons. The molecule has 2 heterocycles. The molecule has 2 aromatic carbocycles. The maximum absolute atomic E-state index is 14.5. The summed E-state index contributed by atoms with van der Waals surface area (Å²) in [6.45, 7) is 0.130. The summed E-state index contributed by atoms with van der Waals surface area (Å²) >= 11 is 1.38. The fourth-order valence-corrected chi connectivity index (χ4v) is 3.64. The second kappa shape index (κ2) is 6.44. The lowest BCUT2D eigenvalue weighted by atomic mass is 9.91. The summed E-state index contributed by atoms with van der Waals surface area (Å²) in [5.41, 5.74) is -0.699. The molecule has 0 unspecified atom stereocenters. The molecular formula is C18H14F3N3OS. The number of thioether (sulfide) groups is 1. The summed E-state index contributed by atoms with van der Waals surface area (Å²) in [4.78, 5) is 4.12. The van der Waals surface area contributed by atoms with E-state index in [0.29, 0.717) is 10.7 Å². The van der Waals surface area contributed by atoms with Crippen molar-refractivity contribution < 1.29 is 17.9 Å². The van der Waals surface area contributed by atoms with E-state index in [-0.39, 0.29) is 12.1 Å². The van der Waals surface area contributed by atoms with Crippen LogP contribution in [0.2, 0.25) is 0 Å². The molecule has 8 heteroatoms. The topological polar surface area (TPSA) is 43.2 Å². The summed E-state index contributed by atoms with van der Waals surface area (Å²) < 4.78 is 49.6. The molecule has 1 aliphatic rings. The Hall–Kier alpha value is -2.32. The SMILES string of the molecule is CSc1ncnn1C[C@@]1(c2ccc(F)cc2F)O[C@H]1c1ccccc1F. The molecule has 0 amide bonds. The molecule has 4 nitrogen and oxygen atoms in total. The quantitative estimate of drug-likeness (QED) is 0.496. The predicted octanol–water partition coefficient (Wildman–Crippen LogP) is 4.08. The predicted molar refractivity (Wildman–Crippen MR) is 90.1 cm³/mol. The lowest BCUT2D eigenvalue weighted by Gasteiger charge is -2.16. The van der Waals surface area contributed by atoms with Gasteiger partial charge >= 0.3 is 0 Å². The van der Waals surface area contributed by atoms with Gasteiger partial charge in [0.25, 0.3) is 0 Å². The molecule has 1 saturated heterocycles. The maximum atomic E-state index is 14.5. The van der Waals surface area contributed by atoms with Gasteiger partial charge in [0.05, 0.1) is 6.54 Å². The monoisotopic (exact) mass is 377 g/mol. The number of aromatic nitrogens is 3. The van der Waals surface area contributed by atoms with Crippen LogP contribution in [-0.4, -0.2) is 21.0 Å². The second-order valence-corrected chi connectivity index (χ2v) is 6.71. The van der Waals surface area contributed by atoms with Gasteiger partial charge < -0.3 is 4.74 Å². The van der Waals surface area contributed by atoms with Crippen molar-refractivity contribution in [3.63, 3.8) is 0 Å². The highest BCUT2D eigenvalue weighted by molar-refractivity contribution is 7.98. The average molecular weight is 377 g/mol. The molecule has 0 radical (unpaired) electrons. The van der Waals surface area contributed by atoms with E-state index in [2.05, 4.69) is 10.1 Å². The molecule has 3 aromatic rings. The van der Waals surface area contributed by atoms with E-state index >= 15 is 0 Å². The molecule has 1 fully saturated rings. The molecule has 0 saturated carbocycles. The number of epoxide rings is 1. The molecule has 1 aliphatic heterocycles. The minimum Gasteiger partial charge on any atom is -0.354 e. The average Bonchev–Trinajstić information content (AvgIpc) is 3.14. The van der Waals surface area contributed by atoms with Crippen molar-refractivity contribution in [3.05, 3.63) is 77.4 Å². The Morgan fingerprint density at radius 3 is 2.69 bits per heavy atom. The molecule has 0 aliphatic carbocycles. The van der Waals surface area contributed by atoms with Gasteiger partial charge in [0.2, 0.25) is 0 Å². The number of benzene rings is 2. The van der Waals surface area contributed by atoms with E-state index in [9.17, 15) is 13.2 Å². The van der Waals surface area contributed by atoms with Crippen LogP contribution in [0.4, 0.5) is 13.2 Å². The fraction of sp³-hybridized carbons (Fsp3) is 0.222. The van der Waals surface area contributed by atoms with Crippen LogP contribution < -0.4 is 0 Å². The number of nitrogens with zero attached hydrogens (tertiary/aromatic N) is 3. The number of halogens is 3. The Morgan fingerprint density at radius 1 is 1.15 bits per heavy atom. The van der Waals surface area contributed by atoms with Gasteiger partial charge in [-0.15, -0.1) is 0 Å². The molecule has 2 atom stereocenters. The van der Waals surface area contributed by atoms with Crippen LogP contribution in [0, 0.1) is 17.5 Å². The summed E-state index contributed by atoms with van der Waals surface area (Å²) in [6, 6.07) is 9.48. The minimum atomic E-state index is -1.18. The Bertz CT molecular complexity index is 964. The van der Waals surface area contributed by atoms with Crippen molar-refractivity contribution >= 4 is 11.8 Å². The fourth-order valence-electron chi connectivity index (χ4n) is 3.16. The van der Waals surface area contributed by atoms with Crippen LogP contribution in [0.3, 0.4) is 0 Å². The van der Waals surface area contributed by atoms with Gasteiger partial charge in [0.15, 0.2) is 5.16 Å². The van der Waals surface area contributed by atoms with Gasteiger partial charge in [-0.3, -0.25) is 0 Å². The van der Waals surface area contributed by atoms with E-state index in [1.807, 2.05) is 6.26 Å². The zero-order chi connectivity index (χ0) is 18.3. The van der Waals surface area contributed by atoms with Crippen LogP contribution in [0.15, 0.2) is 53.9 Å². The van der Waals surface area contributed by atoms with Gasteiger partial charge in [-0.05, 0) is 18.4 Å². The Kier molecular flexibility index (Phi) is 4.24. The smallest absolute Gasteiger partial charge is 0.185 e. The first-order chi connectivity index (χ1) is 12.5. The molecule has 0 N–H and O–H groups in total. The van der Waals surface area contributed by atoms with Crippen LogP contribution >= 0.6 is 11.8 Å². The van der Waals surface area contributed by atoms with Gasteiger partial charge in [-0.25, -0.2) is 22.8 Å². The third kappa shape index (κ3) is 2.79. The van der Waals surface area contributed by atoms with Crippen molar-refractivity contribution in [1.29, 1.82) is 0 Å². The zero-order valence-electron chi connectivity index (χ0n) is 13.7. The van der Waals surface area contributed by atoms with Crippen LogP contribution in [0.25, 0.3) is 0 Å². The lowest BCUT2D eigenvalue weighted by Crippen LogP contribution is -2.22. The molecular weight excluding hydrogens is 363 g/mol. The second-order valence-electron chi connectivity index (χ2n) is 5.94. The normalized spacial score (nSPS) is 21.8. The Labute approximate surface area is 152 Å². The third-order valence-corrected chi connectivity index (χ3v) is 5.10. The zero-order valence-corrected chi connectivity index (χ0v) is 14.5. The van der Waals surface area contributed by atoms with Gasteiger partial charge in [0, 0.05) is 17.2 Å². The summed E-state index contributed by atoms with van der Waals surface area (Å²) in [5.74, 6) is -1.87. The van der Waals surface area contributed by atoms with Gasteiger partial charge in [0.1, 0.15) is 35.5 Å². The van der Waals surface area contributed by atoms with Crippen molar-refractivity contribution in [3.8, 4) is 0 Å². The van der Waals surface area contributed by atoms with Crippen molar-refractivity contribution in [1.82, 2.24) is 14.8 Å². The van der Waals surface area contributed by atoms with E-state index in [0.717, 1.165) is 12.1 Å². The maximum Gasteiger partial charge on any atom is 0.185 e. The van der Waals surface area contributed by atoms with Gasteiger partial charge in [-0.2, -0.15) is 5.10 Å². The number of hydrogen-bond donors (Lipinski definition) is 0. The first-order valence-electron chi connectivity index (χ1n) is 7.85. The van der Waals surface area contributed by atoms with Crippen LogP contribution in [-0.2, 0) is 16.9 Å². The molecule has 0 bridgehead atoms. The minimum absolute atomic E-state index is 0.130. The van der Waals surface area contributed by atoms with E-state index in [4.69, 9.17) is 4.74 Å². The van der Waals surface area contributed by atoms with E-state index in [1.54, 1.807) is 22.9 Å². The van der Waals surface area contributed by atoms with Gasteiger partial charge in [-0.1, -0.05) is 36.0 Å². The molecule has 1 aromatic heterocycles. The van der Waals surface area contributed by atoms with Crippen molar-refractivity contribution in [2.75, 3.05) is 6.26 Å². The Morgan fingerprint density at radius 2 is 1.96 bits per heavy atom. The number of ether oxygens (including phenoxy) is 1. The Balaban J connectivity index is 1.80. The third-order valence-electron chi connectivity index (χ3n) is 4.42. The number of rotatable bonds is 5. The van der Waals surface area contributed by atoms with E-state index in [1.165, 1.54) is 30.2 Å². The highest BCUT2D eigenvalue weighted by Crippen LogP contribution is 2.59. The highest BCUT2D eigenvalue weighted by Gasteiger charge is 2.61. The summed E-state index contributed by atoms with van der Waals surface area (Å²) in [6.07, 6.45) is 2.53. The first-order valence-corrected chi connectivity index (χ1v) is 9.07.